The number of hydrogen-bond donors (Lipinski definition) is 1. The van der Waals surface area contributed by atoms with Crippen LogP contribution in [0.5, 0.6) is 6.08 Å². The van der Waals surface area contributed by atoms with Gasteiger partial charge in [0.05, 0.1) is 11.8 Å². The first-order valence-electron chi connectivity index (χ1n) is 4.92. The maximum Gasteiger partial charge on any atom is 0.393 e. The van der Waals surface area contributed by atoms with Crippen LogP contribution >= 0.6 is 0 Å². The summed E-state index contributed by atoms with van der Waals surface area (Å²) in [6, 6.07) is 0.446. The van der Waals surface area contributed by atoms with Crippen LogP contribution < -0.4 is 10.1 Å². The van der Waals surface area contributed by atoms with Crippen molar-refractivity contribution >= 4 is 0 Å². The fourth-order valence-electron chi connectivity index (χ4n) is 0.934. The summed E-state index contributed by atoms with van der Waals surface area (Å²) in [5.74, 6) is 0. The average Bonchev–Trinajstić information content (AvgIpc) is 2.47. The predicted molar refractivity (Wildman–Crippen MR) is 54.2 cm³/mol. The first-order valence-corrected chi connectivity index (χ1v) is 4.92. The largest absolute Gasteiger partial charge is 0.447 e. The molecule has 1 rings (SSSR count). The molecule has 80 valence electrons. The molecule has 0 aliphatic carbocycles. The molecule has 0 saturated heterocycles. The van der Waals surface area contributed by atoms with E-state index >= 15 is 0 Å². The zero-order valence-corrected chi connectivity index (χ0v) is 9.20. The van der Waals surface area contributed by atoms with E-state index in [0.29, 0.717) is 18.7 Å². The van der Waals surface area contributed by atoms with Crippen molar-refractivity contribution < 1.29 is 9.15 Å². The highest BCUT2D eigenvalue weighted by molar-refractivity contribution is 4.99. The van der Waals surface area contributed by atoms with Gasteiger partial charge in [-0.05, 0) is 13.8 Å². The molecule has 0 spiro atoms. The van der Waals surface area contributed by atoms with Gasteiger partial charge in [0.2, 0.25) is 0 Å². The van der Waals surface area contributed by atoms with E-state index in [1.807, 2.05) is 13.8 Å². The Kier molecular flexibility index (Phi) is 3.95. The molecular formula is C10H18N2O2. The van der Waals surface area contributed by atoms with E-state index in [4.69, 9.17) is 9.15 Å². The van der Waals surface area contributed by atoms with Gasteiger partial charge in [-0.2, -0.15) is 4.98 Å². The summed E-state index contributed by atoms with van der Waals surface area (Å²) < 4.78 is 10.4. The highest BCUT2D eigenvalue weighted by Crippen LogP contribution is 2.11. The Balaban J connectivity index is 2.42. The number of oxazole rings is 1. The summed E-state index contributed by atoms with van der Waals surface area (Å²) in [6.45, 7) is 8.77. The standard InChI is InChI=1S/C10H18N2O2/c1-7(2)11-5-9-6-13-10(12-9)14-8(3)4/h6-8,11H,5H2,1-4H3. The van der Waals surface area contributed by atoms with Gasteiger partial charge in [0.25, 0.3) is 0 Å². The van der Waals surface area contributed by atoms with Crippen molar-refractivity contribution in [1.82, 2.24) is 10.3 Å². The lowest BCUT2D eigenvalue weighted by Gasteiger charge is -2.04. The molecule has 1 N–H and O–H groups in total. The van der Waals surface area contributed by atoms with Crippen molar-refractivity contribution in [2.24, 2.45) is 0 Å². The summed E-state index contributed by atoms with van der Waals surface area (Å²) in [7, 11) is 0. The van der Waals surface area contributed by atoms with Crippen molar-refractivity contribution in [3.63, 3.8) is 0 Å². The molecular weight excluding hydrogens is 180 g/mol. The van der Waals surface area contributed by atoms with Crippen molar-refractivity contribution in [2.75, 3.05) is 0 Å². The minimum absolute atomic E-state index is 0.0968. The Hall–Kier alpha value is -1.03. The highest BCUT2D eigenvalue weighted by Gasteiger charge is 2.06. The third-order valence-corrected chi connectivity index (χ3v) is 1.56. The minimum atomic E-state index is 0.0968. The van der Waals surface area contributed by atoms with Crippen LogP contribution in [0.25, 0.3) is 0 Å². The Morgan fingerprint density at radius 2 is 2.14 bits per heavy atom. The third kappa shape index (κ3) is 3.79. The van der Waals surface area contributed by atoms with E-state index in [9.17, 15) is 0 Å². The lowest BCUT2D eigenvalue weighted by molar-refractivity contribution is 0.176. The zero-order chi connectivity index (χ0) is 10.6. The number of aromatic nitrogens is 1. The van der Waals surface area contributed by atoms with E-state index in [1.54, 1.807) is 6.26 Å². The molecule has 0 aliphatic heterocycles. The van der Waals surface area contributed by atoms with Gasteiger partial charge in [0.15, 0.2) is 0 Å². The van der Waals surface area contributed by atoms with Crippen LogP contribution in [-0.2, 0) is 6.54 Å². The van der Waals surface area contributed by atoms with Gasteiger partial charge in [-0.3, -0.25) is 0 Å². The Morgan fingerprint density at radius 1 is 1.43 bits per heavy atom. The lowest BCUT2D eigenvalue weighted by Crippen LogP contribution is -2.21. The van der Waals surface area contributed by atoms with E-state index < -0.39 is 0 Å². The van der Waals surface area contributed by atoms with Crippen LogP contribution in [0.1, 0.15) is 33.4 Å². The van der Waals surface area contributed by atoms with Crippen molar-refractivity contribution in [3.05, 3.63) is 12.0 Å². The maximum atomic E-state index is 5.30. The summed E-state index contributed by atoms with van der Waals surface area (Å²) in [4.78, 5) is 4.17. The Morgan fingerprint density at radius 3 is 2.71 bits per heavy atom. The van der Waals surface area contributed by atoms with E-state index in [1.165, 1.54) is 0 Å². The van der Waals surface area contributed by atoms with Crippen LogP contribution in [0.3, 0.4) is 0 Å². The second-order valence-corrected chi connectivity index (χ2v) is 3.81. The van der Waals surface area contributed by atoms with Gasteiger partial charge in [0, 0.05) is 12.6 Å². The monoisotopic (exact) mass is 198 g/mol. The molecule has 4 heteroatoms. The SMILES string of the molecule is CC(C)NCc1coc(OC(C)C)n1. The minimum Gasteiger partial charge on any atom is -0.447 e. The number of nitrogens with one attached hydrogen (secondary N) is 1. The number of nitrogens with zero attached hydrogens (tertiary/aromatic N) is 1. The van der Waals surface area contributed by atoms with Gasteiger partial charge >= 0.3 is 6.08 Å². The normalized spacial score (nSPS) is 11.3. The zero-order valence-electron chi connectivity index (χ0n) is 9.20. The smallest absolute Gasteiger partial charge is 0.393 e. The van der Waals surface area contributed by atoms with Gasteiger partial charge in [-0.1, -0.05) is 13.8 Å². The van der Waals surface area contributed by atoms with Crippen LogP contribution in [0.4, 0.5) is 0 Å². The molecule has 0 atom stereocenters. The van der Waals surface area contributed by atoms with Crippen LogP contribution in [0, 0.1) is 0 Å². The molecule has 0 unspecified atom stereocenters. The molecule has 0 aliphatic rings. The third-order valence-electron chi connectivity index (χ3n) is 1.56. The maximum absolute atomic E-state index is 5.30. The second kappa shape index (κ2) is 5.00. The van der Waals surface area contributed by atoms with Crippen molar-refractivity contribution in [1.29, 1.82) is 0 Å². The van der Waals surface area contributed by atoms with Crippen molar-refractivity contribution in [2.45, 2.75) is 46.4 Å². The molecule has 0 aromatic carbocycles. The molecule has 14 heavy (non-hydrogen) atoms. The molecule has 0 radical (unpaired) electrons. The summed E-state index contributed by atoms with van der Waals surface area (Å²) in [6.07, 6.45) is 2.06. The van der Waals surface area contributed by atoms with Gasteiger partial charge in [-0.25, -0.2) is 0 Å². The first-order chi connectivity index (χ1) is 6.58. The van der Waals surface area contributed by atoms with Crippen molar-refractivity contribution in [3.8, 4) is 6.08 Å². The van der Waals surface area contributed by atoms with Crippen LogP contribution in [-0.4, -0.2) is 17.1 Å². The molecule has 4 nitrogen and oxygen atoms in total. The first kappa shape index (κ1) is 11.0. The molecule has 0 saturated carbocycles. The van der Waals surface area contributed by atoms with E-state index in [-0.39, 0.29) is 6.10 Å². The topological polar surface area (TPSA) is 47.3 Å². The molecule has 0 amide bonds. The summed E-state index contributed by atoms with van der Waals surface area (Å²) in [5.41, 5.74) is 0.870. The Bertz CT molecular complexity index is 269. The number of rotatable bonds is 5. The Labute approximate surface area is 84.7 Å². The fourth-order valence-corrected chi connectivity index (χ4v) is 0.934. The van der Waals surface area contributed by atoms with Gasteiger partial charge in [0.1, 0.15) is 6.26 Å². The quantitative estimate of drug-likeness (QED) is 0.785. The molecule has 1 aromatic heterocycles. The summed E-state index contributed by atoms with van der Waals surface area (Å²) >= 11 is 0. The molecule has 1 aromatic rings. The lowest BCUT2D eigenvalue weighted by atomic mass is 10.4. The molecule has 1 heterocycles. The fraction of sp³-hybridized carbons (Fsp3) is 0.700. The predicted octanol–water partition coefficient (Wildman–Crippen LogP) is 1.96. The molecule has 0 fully saturated rings. The van der Waals surface area contributed by atoms with E-state index in [0.717, 1.165) is 5.69 Å². The number of hydrogen-bond acceptors (Lipinski definition) is 4. The number of ether oxygens (including phenoxy) is 1. The van der Waals surface area contributed by atoms with Crippen LogP contribution in [0.15, 0.2) is 10.7 Å². The average molecular weight is 198 g/mol. The molecule has 0 bridgehead atoms. The van der Waals surface area contributed by atoms with E-state index in [2.05, 4.69) is 24.1 Å². The highest BCUT2D eigenvalue weighted by atomic mass is 16.6. The van der Waals surface area contributed by atoms with Crippen LogP contribution in [0.2, 0.25) is 0 Å². The summed E-state index contributed by atoms with van der Waals surface area (Å²) in [5, 5.41) is 3.25. The van der Waals surface area contributed by atoms with Gasteiger partial charge < -0.3 is 14.5 Å². The second-order valence-electron chi connectivity index (χ2n) is 3.81. The van der Waals surface area contributed by atoms with Gasteiger partial charge in [-0.15, -0.1) is 0 Å².